The molecule has 4 aromatic rings. The lowest BCUT2D eigenvalue weighted by Gasteiger charge is -2.21. The Morgan fingerprint density at radius 2 is 0.733 bits per heavy atom. The van der Waals surface area contributed by atoms with E-state index >= 15 is 0 Å². The van der Waals surface area contributed by atoms with E-state index in [0.29, 0.717) is 0 Å². The maximum absolute atomic E-state index is 5.35. The van der Waals surface area contributed by atoms with Gasteiger partial charge in [0, 0.05) is 54.5 Å². The van der Waals surface area contributed by atoms with Crippen LogP contribution in [-0.2, 0) is 25.9 Å². The summed E-state index contributed by atoms with van der Waals surface area (Å²) >= 11 is 0. The molecule has 45 heavy (non-hydrogen) atoms. The van der Waals surface area contributed by atoms with E-state index in [1.165, 1.54) is 22.3 Å². The third-order valence-corrected chi connectivity index (χ3v) is 6.28. The number of hydrogen-bond acceptors (Lipinski definition) is 7. The van der Waals surface area contributed by atoms with Crippen LogP contribution in [0.25, 0.3) is 22.8 Å². The van der Waals surface area contributed by atoms with Gasteiger partial charge >= 0.3 is 0 Å². The third kappa shape index (κ3) is 16.4. The molecule has 0 atom stereocenters. The molecule has 244 valence electrons. The molecule has 0 aliphatic carbocycles. The normalized spacial score (nSPS) is 11.6. The summed E-state index contributed by atoms with van der Waals surface area (Å²) < 4.78 is 0. The van der Waals surface area contributed by atoms with Gasteiger partial charge in [-0.1, -0.05) is 13.8 Å². The highest BCUT2D eigenvalue weighted by atomic mass is 14.9. The molecule has 7 nitrogen and oxygen atoms in total. The van der Waals surface area contributed by atoms with Crippen molar-refractivity contribution in [3.05, 3.63) is 95.6 Å². The average Bonchev–Trinajstić information content (AvgIpc) is 2.98. The van der Waals surface area contributed by atoms with Crippen LogP contribution >= 0.6 is 0 Å². The van der Waals surface area contributed by atoms with Gasteiger partial charge < -0.3 is 16.4 Å². The van der Waals surface area contributed by atoms with Crippen LogP contribution in [0.15, 0.2) is 73.3 Å². The third-order valence-electron chi connectivity index (χ3n) is 6.28. The van der Waals surface area contributed by atoms with Crippen LogP contribution in [0.3, 0.4) is 0 Å². The molecule has 0 aliphatic heterocycles. The van der Waals surface area contributed by atoms with Gasteiger partial charge in [-0.3, -0.25) is 19.9 Å². The topological polar surface area (TPSA) is 102 Å². The van der Waals surface area contributed by atoms with Crippen molar-refractivity contribution in [3.63, 3.8) is 0 Å². The molecule has 0 spiro atoms. The maximum atomic E-state index is 5.35. The quantitative estimate of drug-likeness (QED) is 0.186. The number of aromatic nitrogens is 4. The van der Waals surface area contributed by atoms with E-state index in [4.69, 9.17) is 5.73 Å². The summed E-state index contributed by atoms with van der Waals surface area (Å²) in [4.78, 5) is 17.7. The van der Waals surface area contributed by atoms with Gasteiger partial charge in [-0.25, -0.2) is 0 Å². The number of nitrogens with zero attached hydrogens (tertiary/aromatic N) is 4. The van der Waals surface area contributed by atoms with Crippen LogP contribution in [0.4, 0.5) is 0 Å². The average molecular weight is 612 g/mol. The molecule has 4 heterocycles. The van der Waals surface area contributed by atoms with Gasteiger partial charge in [0.25, 0.3) is 0 Å². The minimum atomic E-state index is 0. The Morgan fingerprint density at radius 3 is 0.978 bits per heavy atom. The molecule has 0 fully saturated rings. The number of hydrogen-bond donors (Lipinski definition) is 3. The fourth-order valence-electron chi connectivity index (χ4n) is 3.85. The van der Waals surface area contributed by atoms with E-state index in [0.717, 1.165) is 48.7 Å². The van der Waals surface area contributed by atoms with Crippen LogP contribution in [0.2, 0.25) is 0 Å². The lowest BCUT2D eigenvalue weighted by molar-refractivity contribution is 0.424. The van der Waals surface area contributed by atoms with E-state index in [1.807, 2.05) is 69.8 Å². The van der Waals surface area contributed by atoms with E-state index < -0.39 is 0 Å². The van der Waals surface area contributed by atoms with Gasteiger partial charge in [0.15, 0.2) is 0 Å². The van der Waals surface area contributed by atoms with Crippen molar-refractivity contribution >= 4 is 0 Å². The smallest absolute Gasteiger partial charge is 0.0889 e. The predicted molar refractivity (Wildman–Crippen MR) is 191 cm³/mol. The van der Waals surface area contributed by atoms with Crippen LogP contribution in [0, 0.1) is 0 Å². The second kappa shape index (κ2) is 17.2. The van der Waals surface area contributed by atoms with Gasteiger partial charge in [-0.05, 0) is 146 Å². The van der Waals surface area contributed by atoms with Gasteiger partial charge in [0.05, 0.1) is 22.8 Å². The first-order valence-electron chi connectivity index (χ1n) is 16.0. The monoisotopic (exact) mass is 611 g/mol. The van der Waals surface area contributed by atoms with Crippen LogP contribution in [0.5, 0.6) is 0 Å². The summed E-state index contributed by atoms with van der Waals surface area (Å²) in [6.07, 6.45) is 9.49. The van der Waals surface area contributed by atoms with E-state index in [-0.39, 0.29) is 16.6 Å². The SMILES string of the molecule is CC(C)(C)N.CC(C)(C)NCc1ccnc(-c2cc(CNC(C)(C)C)ccn2)c1.CCc1ccnc(-c2cc(CC)ccn2)c1. The Balaban J connectivity index is 0.000000288. The Labute approximate surface area is 273 Å². The molecule has 0 unspecified atom stereocenters. The molecule has 4 rings (SSSR count). The summed E-state index contributed by atoms with van der Waals surface area (Å²) in [6.45, 7) is 24.9. The highest BCUT2D eigenvalue weighted by Crippen LogP contribution is 2.19. The molecule has 4 N–H and O–H groups in total. The van der Waals surface area contributed by atoms with Gasteiger partial charge in [0.1, 0.15) is 0 Å². The zero-order valence-electron chi connectivity index (χ0n) is 29.6. The summed E-state index contributed by atoms with van der Waals surface area (Å²) in [7, 11) is 0. The van der Waals surface area contributed by atoms with Crippen LogP contribution in [0.1, 0.15) is 98.4 Å². The Hall–Kier alpha value is -3.52. The van der Waals surface area contributed by atoms with Crippen LogP contribution in [-0.4, -0.2) is 36.6 Å². The molecule has 0 saturated heterocycles. The molecule has 0 aliphatic rings. The van der Waals surface area contributed by atoms with Crippen molar-refractivity contribution in [2.45, 2.75) is 119 Å². The number of nitrogens with two attached hydrogens (primary N) is 1. The van der Waals surface area contributed by atoms with Crippen molar-refractivity contribution in [3.8, 4) is 22.8 Å². The van der Waals surface area contributed by atoms with Crippen LogP contribution < -0.4 is 16.4 Å². The fraction of sp³-hybridized carbons (Fsp3) is 0.474. The number of rotatable bonds is 8. The fourth-order valence-corrected chi connectivity index (χ4v) is 3.85. The second-order valence-corrected chi connectivity index (χ2v) is 14.5. The van der Waals surface area contributed by atoms with Crippen molar-refractivity contribution in [2.75, 3.05) is 0 Å². The lowest BCUT2D eigenvalue weighted by atomic mass is 10.1. The van der Waals surface area contributed by atoms with E-state index in [2.05, 4.69) is 110 Å². The van der Waals surface area contributed by atoms with Crippen molar-refractivity contribution < 1.29 is 0 Å². The second-order valence-electron chi connectivity index (χ2n) is 14.5. The number of nitrogens with one attached hydrogen (secondary N) is 2. The molecular weight excluding hydrogens is 554 g/mol. The van der Waals surface area contributed by atoms with Crippen molar-refractivity contribution in [1.82, 2.24) is 30.6 Å². The molecular formula is C38H57N7. The molecule has 0 saturated carbocycles. The van der Waals surface area contributed by atoms with Crippen molar-refractivity contribution in [2.24, 2.45) is 5.73 Å². The molecule has 4 aromatic heterocycles. The lowest BCUT2D eigenvalue weighted by Crippen LogP contribution is -2.35. The first-order chi connectivity index (χ1) is 21.0. The molecule has 0 amide bonds. The Morgan fingerprint density at radius 1 is 0.489 bits per heavy atom. The highest BCUT2D eigenvalue weighted by molar-refractivity contribution is 5.56. The highest BCUT2D eigenvalue weighted by Gasteiger charge is 2.11. The van der Waals surface area contributed by atoms with Gasteiger partial charge in [-0.15, -0.1) is 0 Å². The molecule has 0 bridgehead atoms. The number of pyridine rings is 4. The van der Waals surface area contributed by atoms with Gasteiger partial charge in [0.2, 0.25) is 0 Å². The minimum absolute atomic E-state index is 0. The van der Waals surface area contributed by atoms with Crippen molar-refractivity contribution in [1.29, 1.82) is 0 Å². The largest absolute Gasteiger partial charge is 0.326 e. The Bertz CT molecular complexity index is 1330. The summed E-state index contributed by atoms with van der Waals surface area (Å²) in [5.41, 5.74) is 14.4. The van der Waals surface area contributed by atoms with Gasteiger partial charge in [-0.2, -0.15) is 0 Å². The molecule has 7 heteroatoms. The predicted octanol–water partition coefficient (Wildman–Crippen LogP) is 7.93. The number of aryl methyl sites for hydroxylation is 2. The summed E-state index contributed by atoms with van der Waals surface area (Å²) in [6, 6.07) is 16.6. The van der Waals surface area contributed by atoms with E-state index in [9.17, 15) is 0 Å². The first-order valence-corrected chi connectivity index (χ1v) is 16.0. The zero-order valence-corrected chi connectivity index (χ0v) is 29.6. The summed E-state index contributed by atoms with van der Waals surface area (Å²) in [5, 5.41) is 7.01. The van der Waals surface area contributed by atoms with E-state index in [1.54, 1.807) is 0 Å². The minimum Gasteiger partial charge on any atom is -0.326 e. The molecule has 0 aromatic carbocycles. The first kappa shape index (κ1) is 37.7. The Kier molecular flexibility index (Phi) is 14.4. The maximum Gasteiger partial charge on any atom is 0.0889 e. The standard InChI is InChI=1S/C20H30N4.C14H16N2.C4H11N/c1-19(2,3)23-13-15-7-9-21-17(11-15)18-12-16(8-10-22-18)14-24-20(4,5)6;1-3-11-5-7-15-13(9-11)14-10-12(4-2)6-8-16-14;1-4(2,3)5/h7-12,23-24H,13-14H2,1-6H3;5-10H,3-4H2,1-2H3;5H2,1-3H3. The molecule has 0 radical (unpaired) electrons. The zero-order chi connectivity index (χ0) is 33.7. The summed E-state index contributed by atoms with van der Waals surface area (Å²) in [5.74, 6) is 0.